The van der Waals surface area contributed by atoms with Crippen LogP contribution in [0.3, 0.4) is 0 Å². The summed E-state index contributed by atoms with van der Waals surface area (Å²) in [4.78, 5) is 0. The van der Waals surface area contributed by atoms with E-state index >= 15 is 0 Å². The maximum Gasteiger partial charge on any atom is 0.162 e. The fraction of sp³-hybridized carbons (Fsp3) is 0.188. The Labute approximate surface area is 118 Å². The third kappa shape index (κ3) is 2.83. The van der Waals surface area contributed by atoms with Gasteiger partial charge in [0.15, 0.2) is 11.5 Å². The van der Waals surface area contributed by atoms with Crippen molar-refractivity contribution in [2.75, 3.05) is 12.8 Å². The van der Waals surface area contributed by atoms with Crippen LogP contribution in [0.15, 0.2) is 36.4 Å². The second kappa shape index (κ2) is 5.98. The maximum absolute atomic E-state index is 8.86. The van der Waals surface area contributed by atoms with Gasteiger partial charge in [-0.2, -0.15) is 5.26 Å². The highest BCUT2D eigenvalue weighted by atomic mass is 16.5. The quantitative estimate of drug-likeness (QED) is 0.865. The van der Waals surface area contributed by atoms with Crippen molar-refractivity contribution in [3.05, 3.63) is 53.1 Å². The molecule has 2 aromatic rings. The minimum absolute atomic E-state index is 0.402. The largest absolute Gasteiger partial charge is 0.493 e. The summed E-state index contributed by atoms with van der Waals surface area (Å²) in [5, 5.41) is 8.86. The molecular formula is C16H16N2O2. The molecule has 0 radical (unpaired) electrons. The van der Waals surface area contributed by atoms with Gasteiger partial charge >= 0.3 is 0 Å². The van der Waals surface area contributed by atoms with Crippen LogP contribution in [-0.2, 0) is 6.61 Å². The molecule has 0 saturated heterocycles. The molecule has 0 fully saturated rings. The zero-order chi connectivity index (χ0) is 14.5. The molecular weight excluding hydrogens is 252 g/mol. The zero-order valence-corrected chi connectivity index (χ0v) is 11.5. The van der Waals surface area contributed by atoms with Crippen LogP contribution in [0.25, 0.3) is 0 Å². The summed E-state index contributed by atoms with van der Waals surface area (Å²) in [7, 11) is 1.55. The SMILES string of the molecule is COc1cc(C#N)ccc1OCc1cccc(N)c1C. The third-order valence-electron chi connectivity index (χ3n) is 3.16. The lowest BCUT2D eigenvalue weighted by atomic mass is 10.1. The van der Waals surface area contributed by atoms with Gasteiger partial charge in [-0.1, -0.05) is 12.1 Å². The number of nitriles is 1. The van der Waals surface area contributed by atoms with Crippen molar-refractivity contribution in [3.63, 3.8) is 0 Å². The Hall–Kier alpha value is -2.67. The first kappa shape index (κ1) is 13.8. The monoisotopic (exact) mass is 268 g/mol. The summed E-state index contributed by atoms with van der Waals surface area (Å²) in [6, 6.07) is 12.9. The molecule has 20 heavy (non-hydrogen) atoms. The van der Waals surface area contributed by atoms with E-state index in [1.807, 2.05) is 25.1 Å². The van der Waals surface area contributed by atoms with Crippen LogP contribution < -0.4 is 15.2 Å². The number of ether oxygens (including phenoxy) is 2. The van der Waals surface area contributed by atoms with Gasteiger partial charge in [-0.15, -0.1) is 0 Å². The Morgan fingerprint density at radius 3 is 2.70 bits per heavy atom. The van der Waals surface area contributed by atoms with E-state index in [2.05, 4.69) is 6.07 Å². The van der Waals surface area contributed by atoms with Gasteiger partial charge in [-0.05, 0) is 36.2 Å². The molecule has 0 aliphatic rings. The van der Waals surface area contributed by atoms with Crippen LogP contribution >= 0.6 is 0 Å². The summed E-state index contributed by atoms with van der Waals surface area (Å²) in [6.45, 7) is 2.36. The lowest BCUT2D eigenvalue weighted by molar-refractivity contribution is 0.284. The average Bonchev–Trinajstić information content (AvgIpc) is 2.48. The summed E-state index contributed by atoms with van der Waals surface area (Å²) in [5.41, 5.74) is 9.19. The molecule has 2 aromatic carbocycles. The van der Waals surface area contributed by atoms with Gasteiger partial charge in [0.25, 0.3) is 0 Å². The second-order valence-corrected chi connectivity index (χ2v) is 4.40. The van der Waals surface area contributed by atoms with Crippen molar-refractivity contribution < 1.29 is 9.47 Å². The molecule has 0 heterocycles. The molecule has 0 aliphatic heterocycles. The van der Waals surface area contributed by atoms with Gasteiger partial charge < -0.3 is 15.2 Å². The van der Waals surface area contributed by atoms with E-state index in [4.69, 9.17) is 20.5 Å². The van der Waals surface area contributed by atoms with Crippen molar-refractivity contribution in [2.24, 2.45) is 0 Å². The van der Waals surface area contributed by atoms with E-state index < -0.39 is 0 Å². The van der Waals surface area contributed by atoms with Gasteiger partial charge in [0.1, 0.15) is 6.61 Å². The predicted molar refractivity (Wildman–Crippen MR) is 77.6 cm³/mol. The van der Waals surface area contributed by atoms with Crippen molar-refractivity contribution in [3.8, 4) is 17.6 Å². The lowest BCUT2D eigenvalue weighted by Gasteiger charge is -2.13. The fourth-order valence-corrected chi connectivity index (χ4v) is 1.87. The number of nitrogen functional groups attached to an aromatic ring is 1. The third-order valence-corrected chi connectivity index (χ3v) is 3.16. The Balaban J connectivity index is 2.19. The van der Waals surface area contributed by atoms with Gasteiger partial charge in [-0.25, -0.2) is 0 Å². The first-order valence-corrected chi connectivity index (χ1v) is 6.20. The Kier molecular flexibility index (Phi) is 4.11. The molecule has 0 atom stereocenters. The number of anilines is 1. The maximum atomic E-state index is 8.86. The molecule has 0 aliphatic carbocycles. The molecule has 0 aromatic heterocycles. The van der Waals surface area contributed by atoms with E-state index in [0.29, 0.717) is 23.7 Å². The minimum atomic E-state index is 0.402. The number of benzene rings is 2. The highest BCUT2D eigenvalue weighted by Crippen LogP contribution is 2.29. The normalized spacial score (nSPS) is 9.85. The highest BCUT2D eigenvalue weighted by molar-refractivity contribution is 5.50. The van der Waals surface area contributed by atoms with Crippen LogP contribution in [-0.4, -0.2) is 7.11 Å². The summed E-state index contributed by atoms with van der Waals surface area (Å²) >= 11 is 0. The molecule has 4 nitrogen and oxygen atoms in total. The summed E-state index contributed by atoms with van der Waals surface area (Å²) < 4.78 is 11.0. The molecule has 4 heteroatoms. The summed E-state index contributed by atoms with van der Waals surface area (Å²) in [6.07, 6.45) is 0. The number of nitrogens with zero attached hydrogens (tertiary/aromatic N) is 1. The zero-order valence-electron chi connectivity index (χ0n) is 11.5. The second-order valence-electron chi connectivity index (χ2n) is 4.40. The standard InChI is InChI=1S/C16H16N2O2/c1-11-13(4-3-5-14(11)18)10-20-15-7-6-12(9-17)8-16(15)19-2/h3-8H,10,18H2,1-2H3. The predicted octanol–water partition coefficient (Wildman–Crippen LogP) is 3.04. The van der Waals surface area contributed by atoms with E-state index in [9.17, 15) is 0 Å². The van der Waals surface area contributed by atoms with E-state index in [1.54, 1.807) is 25.3 Å². The number of hydrogen-bond donors (Lipinski definition) is 1. The molecule has 0 bridgehead atoms. The number of rotatable bonds is 4. The lowest BCUT2D eigenvalue weighted by Crippen LogP contribution is -2.01. The van der Waals surface area contributed by atoms with Crippen LogP contribution in [0, 0.1) is 18.3 Å². The molecule has 102 valence electrons. The van der Waals surface area contributed by atoms with E-state index in [1.165, 1.54) is 0 Å². The minimum Gasteiger partial charge on any atom is -0.493 e. The summed E-state index contributed by atoms with van der Waals surface area (Å²) in [5.74, 6) is 1.15. The van der Waals surface area contributed by atoms with Crippen molar-refractivity contribution in [1.82, 2.24) is 0 Å². The topological polar surface area (TPSA) is 68.3 Å². The van der Waals surface area contributed by atoms with Crippen molar-refractivity contribution in [2.45, 2.75) is 13.5 Å². The Bertz CT molecular complexity index is 660. The molecule has 0 amide bonds. The van der Waals surface area contributed by atoms with Crippen LogP contribution in [0.2, 0.25) is 0 Å². The van der Waals surface area contributed by atoms with Crippen LogP contribution in [0.4, 0.5) is 5.69 Å². The van der Waals surface area contributed by atoms with Crippen molar-refractivity contribution in [1.29, 1.82) is 5.26 Å². The smallest absolute Gasteiger partial charge is 0.162 e. The average molecular weight is 268 g/mol. The number of methoxy groups -OCH3 is 1. The van der Waals surface area contributed by atoms with Gasteiger partial charge in [0, 0.05) is 11.8 Å². The molecule has 0 saturated carbocycles. The van der Waals surface area contributed by atoms with E-state index in [-0.39, 0.29) is 0 Å². The number of nitrogens with two attached hydrogens (primary N) is 1. The fourth-order valence-electron chi connectivity index (χ4n) is 1.87. The first-order chi connectivity index (χ1) is 9.65. The molecule has 0 spiro atoms. The van der Waals surface area contributed by atoms with Crippen LogP contribution in [0.5, 0.6) is 11.5 Å². The van der Waals surface area contributed by atoms with Crippen LogP contribution in [0.1, 0.15) is 16.7 Å². The molecule has 2 rings (SSSR count). The van der Waals surface area contributed by atoms with Gasteiger partial charge in [-0.3, -0.25) is 0 Å². The van der Waals surface area contributed by atoms with Gasteiger partial charge in [0.05, 0.1) is 18.7 Å². The Morgan fingerprint density at radius 2 is 2.00 bits per heavy atom. The number of hydrogen-bond acceptors (Lipinski definition) is 4. The van der Waals surface area contributed by atoms with E-state index in [0.717, 1.165) is 16.8 Å². The first-order valence-electron chi connectivity index (χ1n) is 6.20. The Morgan fingerprint density at radius 1 is 1.20 bits per heavy atom. The molecule has 2 N–H and O–H groups in total. The highest BCUT2D eigenvalue weighted by Gasteiger charge is 2.07. The molecule has 0 unspecified atom stereocenters. The van der Waals surface area contributed by atoms with Gasteiger partial charge in [0.2, 0.25) is 0 Å². The van der Waals surface area contributed by atoms with Crippen molar-refractivity contribution >= 4 is 5.69 Å².